The van der Waals surface area contributed by atoms with Crippen molar-refractivity contribution in [1.82, 2.24) is 0 Å². The number of Topliss-reactive ketones (excluding diaryl/α,β-unsaturated/α-hetero) is 1. The SMILES string of the molecule is CC([NH2+]CCC(=O)c1ccc(Oc2ccc(OCCC[NH+](C)C)cc2)cc1)C(O)c1ccccc1.[Cl-].[Cl-]. The third-order valence-electron chi connectivity index (χ3n) is 5.87. The highest BCUT2D eigenvalue weighted by atomic mass is 35.5. The molecule has 0 fully saturated rings. The maximum atomic E-state index is 12.6. The Labute approximate surface area is 232 Å². The standard InChI is InChI=1S/C29H36N2O4.2ClH/c1-22(29(33)24-8-5-4-6-9-24)30-19-18-28(32)23-10-12-26(13-11-23)35-27-16-14-25(15-17-27)34-21-7-20-31(2)3;;/h4-6,8-17,22,29-30,33H,7,18-21H2,1-3H3;2*1H. The fourth-order valence-electron chi connectivity index (χ4n) is 3.77. The molecular weight excluding hydrogens is 511 g/mol. The van der Waals surface area contributed by atoms with E-state index in [4.69, 9.17) is 9.47 Å². The van der Waals surface area contributed by atoms with Crippen molar-refractivity contribution in [2.45, 2.75) is 31.9 Å². The van der Waals surface area contributed by atoms with E-state index in [2.05, 4.69) is 14.1 Å². The summed E-state index contributed by atoms with van der Waals surface area (Å²) < 4.78 is 11.7. The molecule has 0 spiro atoms. The normalized spacial score (nSPS) is 12.1. The minimum Gasteiger partial charge on any atom is -1.00 e. The Morgan fingerprint density at radius 2 is 1.46 bits per heavy atom. The number of benzene rings is 3. The van der Waals surface area contributed by atoms with Crippen LogP contribution in [0.25, 0.3) is 0 Å². The molecule has 0 radical (unpaired) electrons. The fraction of sp³-hybridized carbons (Fsp3) is 0.345. The van der Waals surface area contributed by atoms with Crippen molar-refractivity contribution >= 4 is 5.78 Å². The van der Waals surface area contributed by atoms with E-state index in [-0.39, 0.29) is 36.6 Å². The number of aliphatic hydroxyl groups is 1. The molecule has 2 unspecified atom stereocenters. The van der Waals surface area contributed by atoms with Crippen LogP contribution >= 0.6 is 0 Å². The monoisotopic (exact) mass is 548 g/mol. The van der Waals surface area contributed by atoms with Crippen molar-refractivity contribution in [2.75, 3.05) is 33.8 Å². The number of carbonyl (C=O) groups excluding carboxylic acids is 1. The van der Waals surface area contributed by atoms with Gasteiger partial charge < -0.3 is 49.6 Å². The number of hydrogen-bond donors (Lipinski definition) is 3. The molecule has 37 heavy (non-hydrogen) atoms. The van der Waals surface area contributed by atoms with E-state index in [1.165, 1.54) is 4.90 Å². The van der Waals surface area contributed by atoms with Crippen LogP contribution < -0.4 is 44.5 Å². The zero-order chi connectivity index (χ0) is 25.0. The average molecular weight is 550 g/mol. The van der Waals surface area contributed by atoms with Crippen molar-refractivity contribution in [3.63, 3.8) is 0 Å². The summed E-state index contributed by atoms with van der Waals surface area (Å²) in [5.41, 5.74) is 1.55. The van der Waals surface area contributed by atoms with Gasteiger partial charge in [0.15, 0.2) is 5.78 Å². The maximum Gasteiger partial charge on any atom is 0.168 e. The van der Waals surface area contributed by atoms with Gasteiger partial charge >= 0.3 is 0 Å². The highest BCUT2D eigenvalue weighted by molar-refractivity contribution is 5.96. The summed E-state index contributed by atoms with van der Waals surface area (Å²) in [4.78, 5) is 14.0. The first kappa shape index (κ1) is 32.4. The Morgan fingerprint density at radius 3 is 2.05 bits per heavy atom. The van der Waals surface area contributed by atoms with E-state index in [0.717, 1.165) is 30.0 Å². The summed E-state index contributed by atoms with van der Waals surface area (Å²) in [7, 11) is 4.27. The van der Waals surface area contributed by atoms with Gasteiger partial charge in [0.25, 0.3) is 0 Å². The molecule has 0 aliphatic carbocycles. The van der Waals surface area contributed by atoms with Crippen LogP contribution in [0.1, 0.15) is 41.8 Å². The van der Waals surface area contributed by atoms with Crippen molar-refractivity contribution in [3.8, 4) is 17.2 Å². The number of aliphatic hydroxyl groups excluding tert-OH is 1. The predicted molar refractivity (Wildman–Crippen MR) is 137 cm³/mol. The first-order valence-electron chi connectivity index (χ1n) is 12.3. The molecular formula is C29H38Cl2N2O4. The van der Waals surface area contributed by atoms with Crippen molar-refractivity contribution < 1.29 is 54.4 Å². The number of rotatable bonds is 14. The second-order valence-electron chi connectivity index (χ2n) is 9.17. The highest BCUT2D eigenvalue weighted by Crippen LogP contribution is 2.24. The Bertz CT molecular complexity index is 1030. The van der Waals surface area contributed by atoms with Gasteiger partial charge in [-0.15, -0.1) is 0 Å². The van der Waals surface area contributed by atoms with Crippen LogP contribution in [0.15, 0.2) is 78.9 Å². The Morgan fingerprint density at radius 1 is 0.892 bits per heavy atom. The number of carbonyl (C=O) groups is 1. The van der Waals surface area contributed by atoms with E-state index in [1.807, 2.05) is 79.0 Å². The molecule has 3 aromatic rings. The molecule has 0 bridgehead atoms. The number of nitrogens with two attached hydrogens (primary N) is 1. The van der Waals surface area contributed by atoms with E-state index in [9.17, 15) is 9.90 Å². The largest absolute Gasteiger partial charge is 1.00 e. The molecule has 0 saturated carbocycles. The lowest BCUT2D eigenvalue weighted by atomic mass is 10.0. The van der Waals surface area contributed by atoms with Gasteiger partial charge in [0, 0.05) is 12.0 Å². The van der Waals surface area contributed by atoms with Crippen LogP contribution in [-0.4, -0.2) is 50.7 Å². The van der Waals surface area contributed by atoms with Crippen LogP contribution in [0.2, 0.25) is 0 Å². The van der Waals surface area contributed by atoms with E-state index in [1.54, 1.807) is 12.1 Å². The summed E-state index contributed by atoms with van der Waals surface area (Å²) in [6, 6.07) is 24.4. The number of halogens is 2. The summed E-state index contributed by atoms with van der Waals surface area (Å²) in [6.45, 7) is 4.37. The van der Waals surface area contributed by atoms with Crippen molar-refractivity contribution in [3.05, 3.63) is 90.0 Å². The third-order valence-corrected chi connectivity index (χ3v) is 5.87. The van der Waals surface area contributed by atoms with Gasteiger partial charge in [0.1, 0.15) is 29.4 Å². The zero-order valence-corrected chi connectivity index (χ0v) is 23.2. The molecule has 8 heteroatoms. The molecule has 3 aromatic carbocycles. The average Bonchev–Trinajstić information content (AvgIpc) is 2.88. The summed E-state index contributed by atoms with van der Waals surface area (Å²) in [5.74, 6) is 2.30. The zero-order valence-electron chi connectivity index (χ0n) is 21.7. The van der Waals surface area contributed by atoms with Gasteiger partial charge in [-0.05, 0) is 61.0 Å². The Kier molecular flexibility index (Phi) is 14.9. The molecule has 4 N–H and O–H groups in total. The lowest BCUT2D eigenvalue weighted by Gasteiger charge is -2.17. The number of hydrogen-bond acceptors (Lipinski definition) is 4. The lowest BCUT2D eigenvalue weighted by molar-refractivity contribution is -0.858. The first-order valence-corrected chi connectivity index (χ1v) is 12.3. The minimum absolute atomic E-state index is 0. The second kappa shape index (κ2) is 17.0. The number of ether oxygens (including phenoxy) is 2. The van der Waals surface area contributed by atoms with Gasteiger partial charge in [0.2, 0.25) is 0 Å². The molecule has 0 saturated heterocycles. The first-order chi connectivity index (χ1) is 16.9. The quantitative estimate of drug-likeness (QED) is 0.145. The summed E-state index contributed by atoms with van der Waals surface area (Å²) in [5, 5.41) is 12.5. The number of ketones is 1. The molecule has 0 amide bonds. The van der Waals surface area contributed by atoms with Crippen LogP contribution in [0.5, 0.6) is 17.2 Å². The predicted octanol–water partition coefficient (Wildman–Crippen LogP) is -3.34. The van der Waals surface area contributed by atoms with Gasteiger partial charge in [-0.2, -0.15) is 0 Å². The van der Waals surface area contributed by atoms with Crippen LogP contribution in [0, 0.1) is 0 Å². The fourth-order valence-corrected chi connectivity index (χ4v) is 3.77. The summed E-state index contributed by atoms with van der Waals surface area (Å²) in [6.07, 6.45) is 0.856. The topological polar surface area (TPSA) is 76.8 Å². The molecule has 202 valence electrons. The molecule has 0 heterocycles. The lowest BCUT2D eigenvalue weighted by Crippen LogP contribution is -3.05. The molecule has 0 aromatic heterocycles. The van der Waals surface area contributed by atoms with E-state index in [0.29, 0.717) is 30.9 Å². The highest BCUT2D eigenvalue weighted by Gasteiger charge is 2.19. The smallest absolute Gasteiger partial charge is 0.168 e. The summed E-state index contributed by atoms with van der Waals surface area (Å²) >= 11 is 0. The van der Waals surface area contributed by atoms with Crippen LogP contribution in [0.3, 0.4) is 0 Å². The van der Waals surface area contributed by atoms with E-state index < -0.39 is 6.10 Å². The minimum atomic E-state index is -0.563. The Balaban J connectivity index is 0.00000342. The van der Waals surface area contributed by atoms with Gasteiger partial charge in [-0.1, -0.05) is 30.3 Å². The number of nitrogens with one attached hydrogen (secondary N) is 1. The van der Waals surface area contributed by atoms with Gasteiger partial charge in [-0.3, -0.25) is 4.79 Å². The molecule has 0 aliphatic rings. The van der Waals surface area contributed by atoms with Gasteiger partial charge in [-0.25, -0.2) is 0 Å². The Hall–Kier alpha value is -2.61. The molecule has 6 nitrogen and oxygen atoms in total. The molecule has 2 atom stereocenters. The van der Waals surface area contributed by atoms with Crippen molar-refractivity contribution in [2.24, 2.45) is 0 Å². The molecule has 0 aliphatic heterocycles. The van der Waals surface area contributed by atoms with Crippen LogP contribution in [0.4, 0.5) is 0 Å². The van der Waals surface area contributed by atoms with E-state index >= 15 is 0 Å². The van der Waals surface area contributed by atoms with Gasteiger partial charge in [0.05, 0.1) is 40.2 Å². The van der Waals surface area contributed by atoms with Crippen LogP contribution in [-0.2, 0) is 0 Å². The van der Waals surface area contributed by atoms with Crippen molar-refractivity contribution in [1.29, 1.82) is 0 Å². The number of quaternary nitrogens is 2. The third kappa shape index (κ3) is 11.1. The second-order valence-corrected chi connectivity index (χ2v) is 9.17. The molecule has 3 rings (SSSR count). The maximum absolute atomic E-state index is 12.6.